The van der Waals surface area contributed by atoms with Crippen molar-refractivity contribution in [1.29, 1.82) is 0 Å². The van der Waals surface area contributed by atoms with E-state index >= 15 is 0 Å². The maximum absolute atomic E-state index is 11.1. The van der Waals surface area contributed by atoms with Gasteiger partial charge in [0.15, 0.2) is 5.11 Å². The molecule has 0 atom stereocenters. The normalized spacial score (nSPS) is 14.3. The molecule has 1 fully saturated rings. The van der Waals surface area contributed by atoms with E-state index in [1.807, 2.05) is 0 Å². The van der Waals surface area contributed by atoms with Crippen molar-refractivity contribution in [2.24, 2.45) is 0 Å². The molecule has 1 saturated heterocycles. The summed E-state index contributed by atoms with van der Waals surface area (Å²) >= 11 is 13.3. The van der Waals surface area contributed by atoms with Gasteiger partial charge in [0.25, 0.3) is 0 Å². The number of carboxylic acid groups (broad SMARTS) is 1. The number of benzene rings is 2. The molecular weight excluding hydrogens is 414 g/mol. The van der Waals surface area contributed by atoms with Crippen LogP contribution >= 0.6 is 35.2 Å². The molecular formula is C20H18ClN3O2S2. The van der Waals surface area contributed by atoms with Crippen molar-refractivity contribution < 1.29 is 9.90 Å². The number of aromatic carboxylic acids is 1. The number of nitrogens with one attached hydrogen (secondary N) is 1. The third kappa shape index (κ3) is 3.78. The second-order valence-electron chi connectivity index (χ2n) is 6.51. The fourth-order valence-electron chi connectivity index (χ4n) is 3.37. The monoisotopic (exact) mass is 431 g/mol. The van der Waals surface area contributed by atoms with Gasteiger partial charge in [0.2, 0.25) is 0 Å². The summed E-state index contributed by atoms with van der Waals surface area (Å²) in [5, 5.41) is 16.5. The van der Waals surface area contributed by atoms with E-state index in [0.717, 1.165) is 26.2 Å². The van der Waals surface area contributed by atoms with Gasteiger partial charge >= 0.3 is 5.97 Å². The minimum Gasteiger partial charge on any atom is -0.478 e. The third-order valence-electron chi connectivity index (χ3n) is 4.83. The molecule has 1 aliphatic heterocycles. The lowest BCUT2D eigenvalue weighted by atomic mass is 10.2. The average Bonchev–Trinajstić information content (AvgIpc) is 3.17. The first kappa shape index (κ1) is 19.0. The molecule has 0 bridgehead atoms. The van der Waals surface area contributed by atoms with E-state index in [2.05, 4.69) is 44.8 Å². The zero-order chi connectivity index (χ0) is 19.7. The van der Waals surface area contributed by atoms with Crippen LogP contribution in [0.15, 0.2) is 47.8 Å². The van der Waals surface area contributed by atoms with Crippen molar-refractivity contribution in [3.63, 3.8) is 0 Å². The number of carbonyl (C=O) groups is 1. The van der Waals surface area contributed by atoms with Gasteiger partial charge in [0.1, 0.15) is 0 Å². The fourth-order valence-corrected chi connectivity index (χ4v) is 4.74. The number of hydrogen-bond acceptors (Lipinski definition) is 4. The van der Waals surface area contributed by atoms with Gasteiger partial charge < -0.3 is 20.2 Å². The Bertz CT molecular complexity index is 1040. The molecule has 0 radical (unpaired) electrons. The number of hydrogen-bond donors (Lipinski definition) is 2. The maximum atomic E-state index is 11.1. The molecule has 144 valence electrons. The van der Waals surface area contributed by atoms with Crippen LogP contribution in [0.25, 0.3) is 10.1 Å². The molecule has 1 aromatic heterocycles. The number of anilines is 2. The number of nitrogens with zero attached hydrogens (tertiary/aromatic N) is 2. The molecule has 2 heterocycles. The summed E-state index contributed by atoms with van der Waals surface area (Å²) in [6, 6.07) is 13.4. The minimum absolute atomic E-state index is 0.0781. The van der Waals surface area contributed by atoms with Gasteiger partial charge in [0.05, 0.1) is 10.6 Å². The van der Waals surface area contributed by atoms with Crippen molar-refractivity contribution in [1.82, 2.24) is 4.90 Å². The van der Waals surface area contributed by atoms with Crippen molar-refractivity contribution in [2.75, 3.05) is 36.4 Å². The van der Waals surface area contributed by atoms with E-state index in [1.54, 1.807) is 23.5 Å². The van der Waals surface area contributed by atoms with E-state index in [4.69, 9.17) is 28.9 Å². The van der Waals surface area contributed by atoms with Gasteiger partial charge in [-0.2, -0.15) is 0 Å². The molecule has 28 heavy (non-hydrogen) atoms. The number of rotatable bonds is 3. The molecule has 0 spiro atoms. The molecule has 0 amide bonds. The molecule has 0 aliphatic carbocycles. The van der Waals surface area contributed by atoms with Gasteiger partial charge in [-0.1, -0.05) is 17.7 Å². The zero-order valence-corrected chi connectivity index (χ0v) is 17.3. The van der Waals surface area contributed by atoms with E-state index < -0.39 is 5.97 Å². The Balaban J connectivity index is 1.40. The highest BCUT2D eigenvalue weighted by molar-refractivity contribution is 7.80. The fraction of sp³-hybridized carbons (Fsp3) is 0.200. The Labute approximate surface area is 177 Å². The van der Waals surface area contributed by atoms with Crippen LogP contribution in [0.1, 0.15) is 10.4 Å². The smallest absolute Gasteiger partial charge is 0.337 e. The molecule has 3 aromatic rings. The number of carboxylic acids is 1. The molecule has 2 aromatic carbocycles. The lowest BCUT2D eigenvalue weighted by Gasteiger charge is -2.37. The highest BCUT2D eigenvalue weighted by atomic mass is 35.5. The summed E-state index contributed by atoms with van der Waals surface area (Å²) in [6.07, 6.45) is 0. The second-order valence-corrected chi connectivity index (χ2v) is 8.26. The Morgan fingerprint density at radius 1 is 1.14 bits per heavy atom. The van der Waals surface area contributed by atoms with Gasteiger partial charge in [-0.25, -0.2) is 4.79 Å². The summed E-state index contributed by atoms with van der Waals surface area (Å²) in [6.45, 7) is 3.39. The summed E-state index contributed by atoms with van der Waals surface area (Å²) < 4.78 is 1.30. The van der Waals surface area contributed by atoms with Gasteiger partial charge in [-0.3, -0.25) is 0 Å². The maximum Gasteiger partial charge on any atom is 0.337 e. The molecule has 2 N–H and O–H groups in total. The van der Waals surface area contributed by atoms with Crippen LogP contribution in [0.4, 0.5) is 11.4 Å². The van der Waals surface area contributed by atoms with Crippen LogP contribution in [0.5, 0.6) is 0 Å². The SMILES string of the molecule is O=C(O)c1ccc(NC(=S)N2CCN(c3cccc4sccc34)CC2)cc1Cl. The van der Waals surface area contributed by atoms with Crippen LogP contribution < -0.4 is 10.2 Å². The lowest BCUT2D eigenvalue weighted by Crippen LogP contribution is -2.50. The summed E-state index contributed by atoms with van der Waals surface area (Å²) in [4.78, 5) is 15.6. The second kappa shape index (κ2) is 7.95. The Kier molecular flexibility index (Phi) is 5.39. The predicted molar refractivity (Wildman–Crippen MR) is 120 cm³/mol. The summed E-state index contributed by atoms with van der Waals surface area (Å²) in [5.41, 5.74) is 2.04. The van der Waals surface area contributed by atoms with Crippen LogP contribution in [-0.4, -0.2) is 47.3 Å². The quantitative estimate of drug-likeness (QED) is 0.582. The number of thiocarbonyl (C=S) groups is 1. The minimum atomic E-state index is -1.05. The Morgan fingerprint density at radius 2 is 1.93 bits per heavy atom. The van der Waals surface area contributed by atoms with Gasteiger partial charge in [0, 0.05) is 47.6 Å². The van der Waals surface area contributed by atoms with E-state index in [1.165, 1.54) is 21.8 Å². The predicted octanol–water partition coefficient (Wildman–Crippen LogP) is 4.77. The van der Waals surface area contributed by atoms with Crippen LogP contribution in [0, 0.1) is 0 Å². The standard InChI is InChI=1S/C20H18ClN3O2S2/c21-16-12-13(4-5-14(16)19(25)26)22-20(27)24-9-7-23(8-10-24)17-2-1-3-18-15(17)6-11-28-18/h1-6,11-12H,7-10H2,(H,22,27)(H,25,26). The third-order valence-corrected chi connectivity index (χ3v) is 6.39. The average molecular weight is 432 g/mol. The molecule has 0 saturated carbocycles. The van der Waals surface area contributed by atoms with Gasteiger partial charge in [-0.05, 0) is 54.0 Å². The van der Waals surface area contributed by atoms with Crippen molar-refractivity contribution in [3.05, 3.63) is 58.4 Å². The molecule has 8 heteroatoms. The summed E-state index contributed by atoms with van der Waals surface area (Å²) in [7, 11) is 0. The topological polar surface area (TPSA) is 55.8 Å². The highest BCUT2D eigenvalue weighted by Gasteiger charge is 2.21. The van der Waals surface area contributed by atoms with Crippen LogP contribution in [0.3, 0.4) is 0 Å². The first-order valence-corrected chi connectivity index (χ1v) is 10.5. The lowest BCUT2D eigenvalue weighted by molar-refractivity contribution is 0.0697. The summed E-state index contributed by atoms with van der Waals surface area (Å²) in [5.74, 6) is -1.05. The highest BCUT2D eigenvalue weighted by Crippen LogP contribution is 2.31. The number of halogens is 1. The first-order chi connectivity index (χ1) is 13.5. The van der Waals surface area contributed by atoms with E-state index in [-0.39, 0.29) is 10.6 Å². The Morgan fingerprint density at radius 3 is 2.64 bits per heavy atom. The largest absolute Gasteiger partial charge is 0.478 e. The van der Waals surface area contributed by atoms with Crippen molar-refractivity contribution in [3.8, 4) is 0 Å². The van der Waals surface area contributed by atoms with E-state index in [0.29, 0.717) is 10.8 Å². The first-order valence-electron chi connectivity index (χ1n) is 8.83. The van der Waals surface area contributed by atoms with Crippen LogP contribution in [0.2, 0.25) is 5.02 Å². The molecule has 0 unspecified atom stereocenters. The molecule has 4 rings (SSSR count). The van der Waals surface area contributed by atoms with E-state index in [9.17, 15) is 4.79 Å². The number of thiophene rings is 1. The van der Waals surface area contributed by atoms with Crippen LogP contribution in [-0.2, 0) is 0 Å². The zero-order valence-electron chi connectivity index (χ0n) is 14.9. The Hall–Kier alpha value is -2.35. The van der Waals surface area contributed by atoms with Crippen molar-refractivity contribution in [2.45, 2.75) is 0 Å². The van der Waals surface area contributed by atoms with Crippen molar-refractivity contribution >= 4 is 67.7 Å². The molecule has 1 aliphatic rings. The van der Waals surface area contributed by atoms with Gasteiger partial charge in [-0.15, -0.1) is 11.3 Å². The number of piperazine rings is 1. The number of fused-ring (bicyclic) bond motifs is 1. The molecule has 5 nitrogen and oxygen atoms in total.